The van der Waals surface area contributed by atoms with Crippen molar-refractivity contribution >= 4 is 23.4 Å². The molecule has 0 saturated carbocycles. The fourth-order valence-corrected chi connectivity index (χ4v) is 4.44. The molecule has 180 valence electrons. The molecular weight excluding hydrogens is 438 g/mol. The average Bonchev–Trinajstić information content (AvgIpc) is 2.86. The minimum atomic E-state index is -0.340. The summed E-state index contributed by atoms with van der Waals surface area (Å²) >= 11 is 0. The number of nitrogens with zero attached hydrogens (tertiary/aromatic N) is 1. The lowest BCUT2D eigenvalue weighted by Gasteiger charge is -2.42. The van der Waals surface area contributed by atoms with Crippen molar-refractivity contribution in [3.05, 3.63) is 53.6 Å². The second-order valence-electron chi connectivity index (χ2n) is 8.41. The summed E-state index contributed by atoms with van der Waals surface area (Å²) in [6, 6.07) is 11.7. The second kappa shape index (κ2) is 10.1. The zero-order valence-corrected chi connectivity index (χ0v) is 19.5. The number of methoxy groups -OCH3 is 1. The zero-order chi connectivity index (χ0) is 24.2. The van der Waals surface area contributed by atoms with Crippen molar-refractivity contribution in [1.29, 1.82) is 0 Å². The van der Waals surface area contributed by atoms with Gasteiger partial charge < -0.3 is 29.7 Å². The molecule has 34 heavy (non-hydrogen) atoms. The minimum Gasteiger partial charge on any atom is -0.496 e. The van der Waals surface area contributed by atoms with E-state index in [-0.39, 0.29) is 49.0 Å². The van der Waals surface area contributed by atoms with E-state index in [0.29, 0.717) is 41.2 Å². The van der Waals surface area contributed by atoms with Gasteiger partial charge >= 0.3 is 0 Å². The summed E-state index contributed by atoms with van der Waals surface area (Å²) in [5.74, 6) is 0.248. The van der Waals surface area contributed by atoms with Crippen LogP contribution in [0.2, 0.25) is 0 Å². The molecule has 0 aromatic heterocycles. The van der Waals surface area contributed by atoms with Crippen LogP contribution in [0.15, 0.2) is 42.5 Å². The van der Waals surface area contributed by atoms with Gasteiger partial charge in [-0.1, -0.05) is 12.1 Å². The number of amides is 3. The van der Waals surface area contributed by atoms with Gasteiger partial charge in [-0.25, -0.2) is 0 Å². The van der Waals surface area contributed by atoms with Crippen LogP contribution in [0, 0.1) is 0 Å². The van der Waals surface area contributed by atoms with E-state index in [1.165, 1.54) is 7.11 Å². The van der Waals surface area contributed by atoms with Crippen LogP contribution >= 0.6 is 0 Å². The molecule has 0 bridgehead atoms. The molecule has 0 spiro atoms. The molecule has 3 atom stereocenters. The van der Waals surface area contributed by atoms with Crippen molar-refractivity contribution in [2.75, 3.05) is 33.1 Å². The molecule has 0 aliphatic carbocycles. The molecule has 2 aromatic rings. The highest BCUT2D eigenvalue weighted by atomic mass is 16.5. The summed E-state index contributed by atoms with van der Waals surface area (Å²) in [4.78, 5) is 39.6. The number of carbonyl (C=O) groups is 3. The zero-order valence-electron chi connectivity index (χ0n) is 19.5. The lowest BCUT2D eigenvalue weighted by atomic mass is 9.94. The maximum Gasteiger partial charge on any atom is 0.259 e. The number of nitrogens with one attached hydrogen (secondary N) is 2. The normalized spacial score (nSPS) is 21.8. The van der Waals surface area contributed by atoms with E-state index in [1.807, 2.05) is 0 Å². The van der Waals surface area contributed by atoms with Crippen LogP contribution in [-0.4, -0.2) is 68.7 Å². The fraction of sp³-hybridized carbons (Fsp3) is 0.400. The first-order valence-electron chi connectivity index (χ1n) is 11.3. The molecule has 9 heteroatoms. The number of hydrogen-bond donors (Lipinski definition) is 2. The molecule has 2 aliphatic heterocycles. The van der Waals surface area contributed by atoms with Crippen LogP contribution in [0.3, 0.4) is 0 Å². The first kappa shape index (κ1) is 23.6. The largest absolute Gasteiger partial charge is 0.496 e. The topological polar surface area (TPSA) is 106 Å². The maximum atomic E-state index is 13.4. The summed E-state index contributed by atoms with van der Waals surface area (Å²) in [6.45, 7) is 0.256. The Morgan fingerprint density at radius 1 is 1.18 bits per heavy atom. The van der Waals surface area contributed by atoms with Crippen molar-refractivity contribution < 1.29 is 28.6 Å². The van der Waals surface area contributed by atoms with Crippen LogP contribution < -0.4 is 20.1 Å². The molecule has 4 rings (SSSR count). The molecular formula is C25H29N3O6. The van der Waals surface area contributed by atoms with Crippen molar-refractivity contribution in [1.82, 2.24) is 10.2 Å². The Hall–Kier alpha value is -3.59. The molecule has 0 radical (unpaired) electrons. The molecule has 3 amide bonds. The van der Waals surface area contributed by atoms with Gasteiger partial charge in [0.15, 0.2) is 0 Å². The first-order chi connectivity index (χ1) is 16.4. The molecule has 0 unspecified atom stereocenters. The average molecular weight is 468 g/mol. The van der Waals surface area contributed by atoms with E-state index < -0.39 is 0 Å². The number of anilines is 1. The Balaban J connectivity index is 1.53. The molecule has 2 heterocycles. The van der Waals surface area contributed by atoms with Gasteiger partial charge in [0.05, 0.1) is 36.8 Å². The molecule has 1 saturated heterocycles. The van der Waals surface area contributed by atoms with E-state index in [1.54, 1.807) is 61.5 Å². The minimum absolute atomic E-state index is 0.0762. The lowest BCUT2D eigenvalue weighted by molar-refractivity contribution is -0.133. The summed E-state index contributed by atoms with van der Waals surface area (Å²) in [7, 11) is 4.85. The van der Waals surface area contributed by atoms with Crippen molar-refractivity contribution in [2.45, 2.75) is 37.5 Å². The van der Waals surface area contributed by atoms with E-state index in [0.717, 1.165) is 0 Å². The number of carbonyl (C=O) groups excluding carboxylic acids is 3. The van der Waals surface area contributed by atoms with E-state index in [2.05, 4.69) is 10.6 Å². The lowest BCUT2D eigenvalue weighted by Crippen LogP contribution is -2.53. The highest BCUT2D eigenvalue weighted by molar-refractivity contribution is 6.07. The summed E-state index contributed by atoms with van der Waals surface area (Å²) in [5, 5.41) is 5.45. The Labute approximate surface area is 198 Å². The SMILES string of the molecule is CNC(=O)C[C@H]1CC[C@H]2[C@H](COc3ccc(NC(=O)c4ccccc4OC)cc3C(=O)N2C)O1. The molecule has 9 nitrogen and oxygen atoms in total. The third kappa shape index (κ3) is 4.84. The Morgan fingerprint density at radius 3 is 2.74 bits per heavy atom. The number of benzene rings is 2. The quantitative estimate of drug-likeness (QED) is 0.700. The highest BCUT2D eigenvalue weighted by Gasteiger charge is 2.39. The van der Waals surface area contributed by atoms with Crippen molar-refractivity contribution in [3.8, 4) is 11.5 Å². The predicted octanol–water partition coefficient (Wildman–Crippen LogP) is 2.46. The van der Waals surface area contributed by atoms with Crippen molar-refractivity contribution in [2.24, 2.45) is 0 Å². The fourth-order valence-electron chi connectivity index (χ4n) is 4.44. The summed E-state index contributed by atoms with van der Waals surface area (Å²) in [6.07, 6.45) is 1.12. The monoisotopic (exact) mass is 467 g/mol. The predicted molar refractivity (Wildman–Crippen MR) is 125 cm³/mol. The summed E-state index contributed by atoms with van der Waals surface area (Å²) in [5.41, 5.74) is 1.24. The van der Waals surface area contributed by atoms with Crippen LogP contribution in [0.5, 0.6) is 11.5 Å². The highest BCUT2D eigenvalue weighted by Crippen LogP contribution is 2.32. The third-order valence-corrected chi connectivity index (χ3v) is 6.31. The van der Waals surface area contributed by atoms with Crippen LogP contribution in [0.1, 0.15) is 40.0 Å². The van der Waals surface area contributed by atoms with E-state index in [4.69, 9.17) is 14.2 Å². The first-order valence-corrected chi connectivity index (χ1v) is 11.3. The standard InChI is InChI=1S/C25H29N3O6/c1-26-23(29)13-16-9-10-19-22(34-16)14-33-21-11-8-15(12-18(21)25(31)28(19)2)27-24(30)17-6-4-5-7-20(17)32-3/h4-8,11-12,16,19,22H,9-10,13-14H2,1-3H3,(H,26,29)(H,27,30)/t16-,19+,22+/m1/s1. The molecule has 2 aliphatic rings. The van der Waals surface area contributed by atoms with Gasteiger partial charge in [0, 0.05) is 19.8 Å². The maximum absolute atomic E-state index is 13.4. The number of hydrogen-bond acceptors (Lipinski definition) is 6. The van der Waals surface area contributed by atoms with E-state index in [9.17, 15) is 14.4 Å². The van der Waals surface area contributed by atoms with Crippen LogP contribution in [0.25, 0.3) is 0 Å². The Bertz CT molecular complexity index is 1090. The van der Waals surface area contributed by atoms with Gasteiger partial charge in [-0.05, 0) is 43.2 Å². The van der Waals surface area contributed by atoms with Gasteiger partial charge in [-0.2, -0.15) is 0 Å². The molecule has 1 fully saturated rings. The number of ether oxygens (including phenoxy) is 3. The van der Waals surface area contributed by atoms with Gasteiger partial charge in [0.2, 0.25) is 5.91 Å². The van der Waals surface area contributed by atoms with Gasteiger partial charge in [0.25, 0.3) is 11.8 Å². The number of likely N-dealkylation sites (N-methyl/N-ethyl adjacent to an activating group) is 1. The molecule has 2 aromatic carbocycles. The smallest absolute Gasteiger partial charge is 0.259 e. The number of fused-ring (bicyclic) bond motifs is 2. The number of rotatable bonds is 5. The Morgan fingerprint density at radius 2 is 1.97 bits per heavy atom. The Kier molecular flexibility index (Phi) is 7.02. The van der Waals surface area contributed by atoms with Gasteiger partial charge in [0.1, 0.15) is 24.2 Å². The van der Waals surface area contributed by atoms with Gasteiger partial charge in [-0.15, -0.1) is 0 Å². The van der Waals surface area contributed by atoms with Crippen LogP contribution in [0.4, 0.5) is 5.69 Å². The van der Waals surface area contributed by atoms with Gasteiger partial charge in [-0.3, -0.25) is 14.4 Å². The third-order valence-electron chi connectivity index (χ3n) is 6.31. The van der Waals surface area contributed by atoms with E-state index >= 15 is 0 Å². The summed E-state index contributed by atoms with van der Waals surface area (Å²) < 4.78 is 17.4. The second-order valence-corrected chi connectivity index (χ2v) is 8.41. The van der Waals surface area contributed by atoms with Crippen molar-refractivity contribution in [3.63, 3.8) is 0 Å². The van der Waals surface area contributed by atoms with Crippen LogP contribution in [-0.2, 0) is 9.53 Å². The number of para-hydroxylation sites is 1. The molecule has 2 N–H and O–H groups in total.